The molecule has 38 heavy (non-hydrogen) atoms. The van der Waals surface area contributed by atoms with Crippen molar-refractivity contribution in [3.05, 3.63) is 103 Å². The summed E-state index contributed by atoms with van der Waals surface area (Å²) in [6.07, 6.45) is 0. The number of halogens is 6. The Hall–Kier alpha value is -2.79. The first-order valence-corrected chi connectivity index (χ1v) is 13.7. The Balaban J connectivity index is 0.000000204. The highest BCUT2D eigenvalue weighted by Crippen LogP contribution is 2.33. The number of rotatable bonds is 4. The van der Waals surface area contributed by atoms with Crippen LogP contribution in [0, 0.1) is 11.6 Å². The molecule has 5 nitrogen and oxygen atoms in total. The van der Waals surface area contributed by atoms with Gasteiger partial charge in [0.25, 0.3) is 5.91 Å². The summed E-state index contributed by atoms with van der Waals surface area (Å²) in [4.78, 5) is 20.4. The van der Waals surface area contributed by atoms with Crippen molar-refractivity contribution in [2.24, 2.45) is 0 Å². The smallest absolute Gasteiger partial charge is 0.263 e. The molecule has 3 aromatic carbocycles. The van der Waals surface area contributed by atoms with Gasteiger partial charge in [0.2, 0.25) is 0 Å². The molecular formula is C25H14Cl4F2N4OS2. The normalized spacial score (nSPS) is 10.6. The van der Waals surface area contributed by atoms with Gasteiger partial charge in [-0.3, -0.25) is 10.1 Å². The molecule has 0 atom stereocenters. The molecule has 1 amide bonds. The Labute approximate surface area is 243 Å². The van der Waals surface area contributed by atoms with Crippen molar-refractivity contribution in [2.75, 3.05) is 11.1 Å². The largest absolute Gasteiger partial charge is 0.375 e. The van der Waals surface area contributed by atoms with Gasteiger partial charge in [0.1, 0.15) is 17.2 Å². The monoisotopic (exact) mass is 628 g/mol. The molecule has 2 aromatic heterocycles. The number of aromatic nitrogens is 2. The van der Waals surface area contributed by atoms with E-state index in [0.717, 1.165) is 34.7 Å². The van der Waals surface area contributed by atoms with Crippen LogP contribution in [0.1, 0.15) is 10.4 Å². The van der Waals surface area contributed by atoms with E-state index < -0.39 is 23.1 Å². The van der Waals surface area contributed by atoms with E-state index in [1.54, 1.807) is 35.7 Å². The van der Waals surface area contributed by atoms with Gasteiger partial charge in [0, 0.05) is 31.9 Å². The SMILES string of the molecule is Nc1nc(-c2ccc(Cl)cc2Cl)cs1.O=C(Nc1nc(-c2ccc(Cl)cc2Cl)cs1)c1c(F)cccc1F. The predicted molar refractivity (Wildman–Crippen MR) is 154 cm³/mol. The highest BCUT2D eigenvalue weighted by Gasteiger charge is 2.19. The van der Waals surface area contributed by atoms with Gasteiger partial charge in [0.15, 0.2) is 10.3 Å². The van der Waals surface area contributed by atoms with Crippen LogP contribution in [0.2, 0.25) is 20.1 Å². The lowest BCUT2D eigenvalue weighted by molar-refractivity contribution is 0.101. The van der Waals surface area contributed by atoms with Crippen molar-refractivity contribution >= 4 is 85.2 Å². The molecule has 0 aliphatic rings. The van der Waals surface area contributed by atoms with Crippen LogP contribution < -0.4 is 11.1 Å². The maximum atomic E-state index is 13.6. The molecule has 0 fully saturated rings. The Morgan fingerprint density at radius 2 is 1.32 bits per heavy atom. The van der Waals surface area contributed by atoms with Crippen molar-refractivity contribution < 1.29 is 13.6 Å². The summed E-state index contributed by atoms with van der Waals surface area (Å²) < 4.78 is 27.2. The van der Waals surface area contributed by atoms with Crippen LogP contribution in [0.3, 0.4) is 0 Å². The molecule has 0 saturated heterocycles. The van der Waals surface area contributed by atoms with Gasteiger partial charge in [-0.25, -0.2) is 18.7 Å². The molecular weight excluding hydrogens is 616 g/mol. The summed E-state index contributed by atoms with van der Waals surface area (Å²) in [7, 11) is 0. The van der Waals surface area contributed by atoms with Gasteiger partial charge in [-0.15, -0.1) is 22.7 Å². The maximum absolute atomic E-state index is 13.6. The molecule has 0 spiro atoms. The Bertz CT molecular complexity index is 1610. The number of carbonyl (C=O) groups is 1. The van der Waals surface area contributed by atoms with Crippen molar-refractivity contribution in [2.45, 2.75) is 0 Å². The van der Waals surface area contributed by atoms with E-state index in [1.165, 1.54) is 17.4 Å². The quantitative estimate of drug-likeness (QED) is 0.207. The third kappa shape index (κ3) is 6.79. The van der Waals surface area contributed by atoms with E-state index in [2.05, 4.69) is 15.3 Å². The number of nitrogens with one attached hydrogen (secondary N) is 1. The lowest BCUT2D eigenvalue weighted by Gasteiger charge is -2.04. The molecule has 0 saturated carbocycles. The van der Waals surface area contributed by atoms with Crippen LogP contribution >= 0.6 is 69.1 Å². The second-order valence-corrected chi connectivity index (χ2v) is 10.8. The number of amides is 1. The van der Waals surface area contributed by atoms with Crippen molar-refractivity contribution in [3.63, 3.8) is 0 Å². The van der Waals surface area contributed by atoms with E-state index in [9.17, 15) is 13.6 Å². The number of benzene rings is 3. The molecule has 0 bridgehead atoms. The van der Waals surface area contributed by atoms with Gasteiger partial charge < -0.3 is 5.73 Å². The molecule has 0 unspecified atom stereocenters. The molecule has 5 aromatic rings. The summed E-state index contributed by atoms with van der Waals surface area (Å²) >= 11 is 26.3. The summed E-state index contributed by atoms with van der Waals surface area (Å²) in [6.45, 7) is 0. The zero-order chi connectivity index (χ0) is 27.4. The molecule has 0 aliphatic heterocycles. The minimum Gasteiger partial charge on any atom is -0.375 e. The first-order valence-electron chi connectivity index (χ1n) is 10.4. The molecule has 194 valence electrons. The van der Waals surface area contributed by atoms with Gasteiger partial charge in [-0.1, -0.05) is 52.5 Å². The molecule has 2 heterocycles. The zero-order valence-electron chi connectivity index (χ0n) is 18.8. The average molecular weight is 630 g/mol. The third-order valence-electron chi connectivity index (χ3n) is 4.85. The lowest BCUT2D eigenvalue weighted by atomic mass is 10.2. The molecule has 0 aliphatic carbocycles. The zero-order valence-corrected chi connectivity index (χ0v) is 23.5. The summed E-state index contributed by atoms with van der Waals surface area (Å²) in [5.74, 6) is -2.79. The molecule has 3 N–H and O–H groups in total. The summed E-state index contributed by atoms with van der Waals surface area (Å²) in [6, 6.07) is 13.4. The minimum atomic E-state index is -0.940. The minimum absolute atomic E-state index is 0.198. The highest BCUT2D eigenvalue weighted by molar-refractivity contribution is 7.14. The van der Waals surface area contributed by atoms with Crippen molar-refractivity contribution in [3.8, 4) is 22.5 Å². The van der Waals surface area contributed by atoms with Crippen LogP contribution in [0.4, 0.5) is 19.0 Å². The Morgan fingerprint density at radius 3 is 1.82 bits per heavy atom. The van der Waals surface area contributed by atoms with Crippen LogP contribution in [0.5, 0.6) is 0 Å². The number of anilines is 2. The van der Waals surface area contributed by atoms with Crippen LogP contribution in [0.15, 0.2) is 65.4 Å². The van der Waals surface area contributed by atoms with Crippen LogP contribution in [-0.4, -0.2) is 15.9 Å². The summed E-state index contributed by atoms with van der Waals surface area (Å²) in [5, 5.41) is 8.74. The van der Waals surface area contributed by atoms with E-state index in [-0.39, 0.29) is 5.13 Å². The van der Waals surface area contributed by atoms with Gasteiger partial charge >= 0.3 is 0 Å². The predicted octanol–water partition coefficient (Wildman–Crippen LogP) is 9.35. The fourth-order valence-electron chi connectivity index (χ4n) is 3.13. The van der Waals surface area contributed by atoms with Gasteiger partial charge in [-0.05, 0) is 48.5 Å². The fraction of sp³-hybridized carbons (Fsp3) is 0. The highest BCUT2D eigenvalue weighted by atomic mass is 35.5. The average Bonchev–Trinajstić information content (AvgIpc) is 3.48. The number of nitrogens with zero attached hydrogens (tertiary/aromatic N) is 2. The van der Waals surface area contributed by atoms with Crippen molar-refractivity contribution in [1.29, 1.82) is 0 Å². The molecule has 13 heteroatoms. The first kappa shape index (κ1) is 28.2. The number of hydrogen-bond donors (Lipinski definition) is 2. The van der Waals surface area contributed by atoms with Crippen molar-refractivity contribution in [1.82, 2.24) is 9.97 Å². The topological polar surface area (TPSA) is 80.9 Å². The third-order valence-corrected chi connectivity index (χ3v) is 7.38. The number of nitrogens with two attached hydrogens (primary N) is 1. The number of nitrogen functional groups attached to an aromatic ring is 1. The second kappa shape index (κ2) is 12.4. The number of hydrogen-bond acceptors (Lipinski definition) is 6. The van der Waals surface area contributed by atoms with Crippen LogP contribution in [-0.2, 0) is 0 Å². The Morgan fingerprint density at radius 1 is 0.789 bits per heavy atom. The van der Waals surface area contributed by atoms with E-state index >= 15 is 0 Å². The number of carbonyl (C=O) groups excluding carboxylic acids is 1. The van der Waals surface area contributed by atoms with Gasteiger partial charge in [-0.2, -0.15) is 0 Å². The fourth-order valence-corrected chi connectivity index (χ4v) is 5.41. The first-order chi connectivity index (χ1) is 18.1. The lowest BCUT2D eigenvalue weighted by Crippen LogP contribution is -2.15. The van der Waals surface area contributed by atoms with E-state index in [4.69, 9.17) is 52.1 Å². The van der Waals surface area contributed by atoms with Crippen LogP contribution in [0.25, 0.3) is 22.5 Å². The van der Waals surface area contributed by atoms with Gasteiger partial charge in [0.05, 0.1) is 21.4 Å². The number of thiazole rings is 2. The molecule has 0 radical (unpaired) electrons. The maximum Gasteiger partial charge on any atom is 0.263 e. The van der Waals surface area contributed by atoms with E-state index in [0.29, 0.717) is 36.5 Å². The second-order valence-electron chi connectivity index (χ2n) is 7.41. The van der Waals surface area contributed by atoms with E-state index in [1.807, 2.05) is 11.4 Å². The standard InChI is InChI=1S/C16H8Cl2F2N2OS.C9H6Cl2N2S/c17-8-4-5-9(10(18)6-8)13-7-24-16(21-13)22-15(23)14-11(19)2-1-3-12(14)20;10-5-1-2-6(7(11)3-5)8-4-14-9(12)13-8/h1-7H,(H,21,22,23);1-4H,(H2,12,13). The Kier molecular flexibility index (Phi) is 9.19. The summed E-state index contributed by atoms with van der Waals surface area (Å²) in [5.41, 5.74) is 7.67. The molecule has 5 rings (SSSR count).